The third-order valence-electron chi connectivity index (χ3n) is 2.61. The average molecular weight is 391 g/mol. The van der Waals surface area contributed by atoms with E-state index in [1.165, 1.54) is 0 Å². The Morgan fingerprint density at radius 3 is 2.57 bits per heavy atom. The summed E-state index contributed by atoms with van der Waals surface area (Å²) >= 11 is 9.41. The van der Waals surface area contributed by atoms with E-state index in [0.29, 0.717) is 17.3 Å². The zero-order valence-corrected chi connectivity index (χ0v) is 14.0. The summed E-state index contributed by atoms with van der Waals surface area (Å²) in [6, 6.07) is 12.3. The zero-order chi connectivity index (χ0) is 15.5. The van der Waals surface area contributed by atoms with Gasteiger partial charge >= 0.3 is 0 Å². The van der Waals surface area contributed by atoms with Gasteiger partial charge in [-0.15, -0.1) is 0 Å². The quantitative estimate of drug-likeness (QED) is 0.732. The van der Waals surface area contributed by atoms with Crippen molar-refractivity contribution in [3.8, 4) is 0 Å². The van der Waals surface area contributed by atoms with Crippen LogP contribution in [-0.2, 0) is 16.8 Å². The van der Waals surface area contributed by atoms with Crippen molar-refractivity contribution >= 4 is 49.1 Å². The third-order valence-corrected chi connectivity index (χ3v) is 4.14. The van der Waals surface area contributed by atoms with Crippen molar-refractivity contribution in [2.75, 3.05) is 10.0 Å². The summed E-state index contributed by atoms with van der Waals surface area (Å²) in [6.45, 7) is 0.542. The molecule has 0 aliphatic heterocycles. The summed E-state index contributed by atoms with van der Waals surface area (Å²) in [7, 11) is -3.78. The van der Waals surface area contributed by atoms with Crippen LogP contribution in [0.2, 0.25) is 5.02 Å². The molecule has 0 aliphatic rings. The van der Waals surface area contributed by atoms with Gasteiger partial charge in [-0.25, -0.2) is 5.14 Å². The van der Waals surface area contributed by atoms with Crippen molar-refractivity contribution in [3.63, 3.8) is 0 Å². The lowest BCUT2D eigenvalue weighted by Gasteiger charge is -2.10. The van der Waals surface area contributed by atoms with Gasteiger partial charge in [0.1, 0.15) is 0 Å². The first kappa shape index (κ1) is 16.1. The minimum absolute atomic E-state index is 0.396. The van der Waals surface area contributed by atoms with Crippen molar-refractivity contribution in [1.29, 1.82) is 0 Å². The second kappa shape index (κ2) is 6.65. The van der Waals surface area contributed by atoms with Crippen molar-refractivity contribution in [2.45, 2.75) is 6.54 Å². The Bertz CT molecular complexity index is 753. The van der Waals surface area contributed by atoms with E-state index in [1.54, 1.807) is 24.3 Å². The zero-order valence-electron chi connectivity index (χ0n) is 10.8. The number of hydrogen-bond acceptors (Lipinski definition) is 3. The molecule has 0 saturated heterocycles. The molecule has 0 radical (unpaired) electrons. The molecule has 0 saturated carbocycles. The molecule has 0 fully saturated rings. The molecular weight excluding hydrogens is 378 g/mol. The molecule has 2 rings (SSSR count). The van der Waals surface area contributed by atoms with E-state index >= 15 is 0 Å². The average Bonchev–Trinajstić information content (AvgIpc) is 2.38. The first-order valence-electron chi connectivity index (χ1n) is 5.92. The van der Waals surface area contributed by atoms with Crippen LogP contribution in [-0.4, -0.2) is 8.42 Å². The third kappa shape index (κ3) is 5.20. The van der Waals surface area contributed by atoms with E-state index in [0.717, 1.165) is 15.7 Å². The molecule has 8 heteroatoms. The van der Waals surface area contributed by atoms with Gasteiger partial charge < -0.3 is 5.32 Å². The smallest absolute Gasteiger partial charge is 0.296 e. The van der Waals surface area contributed by atoms with Crippen LogP contribution in [0.4, 0.5) is 11.4 Å². The lowest BCUT2D eigenvalue weighted by atomic mass is 10.2. The van der Waals surface area contributed by atoms with E-state index in [2.05, 4.69) is 26.0 Å². The predicted octanol–water partition coefficient (Wildman–Crippen LogP) is 3.33. The van der Waals surface area contributed by atoms with Crippen LogP contribution in [0.25, 0.3) is 0 Å². The summed E-state index contributed by atoms with van der Waals surface area (Å²) in [4.78, 5) is 0. The topological polar surface area (TPSA) is 84.2 Å². The molecule has 0 atom stereocenters. The minimum Gasteiger partial charge on any atom is -0.381 e. The minimum atomic E-state index is -3.78. The number of hydrogen-bond donors (Lipinski definition) is 3. The van der Waals surface area contributed by atoms with E-state index in [4.69, 9.17) is 16.7 Å². The fourth-order valence-electron chi connectivity index (χ4n) is 1.73. The maximum absolute atomic E-state index is 11.0. The summed E-state index contributed by atoms with van der Waals surface area (Å²) < 4.78 is 25.2. The molecule has 4 N–H and O–H groups in total. The lowest BCUT2D eigenvalue weighted by Crippen LogP contribution is -2.21. The van der Waals surface area contributed by atoms with Crippen molar-refractivity contribution in [3.05, 3.63) is 57.5 Å². The Hall–Kier alpha value is -1.28. The summed E-state index contributed by atoms with van der Waals surface area (Å²) in [6.07, 6.45) is 0. The van der Waals surface area contributed by atoms with Crippen molar-refractivity contribution in [2.24, 2.45) is 5.14 Å². The maximum Gasteiger partial charge on any atom is 0.296 e. The molecule has 0 heterocycles. The fraction of sp³-hybridized carbons (Fsp3) is 0.0769. The Morgan fingerprint density at radius 1 is 1.14 bits per heavy atom. The van der Waals surface area contributed by atoms with Crippen LogP contribution < -0.4 is 15.2 Å². The van der Waals surface area contributed by atoms with Crippen molar-refractivity contribution in [1.82, 2.24) is 0 Å². The normalized spacial score (nSPS) is 11.2. The molecule has 0 bridgehead atoms. The predicted molar refractivity (Wildman–Crippen MR) is 89.7 cm³/mol. The molecule has 21 heavy (non-hydrogen) atoms. The number of anilines is 2. The summed E-state index contributed by atoms with van der Waals surface area (Å²) in [5.74, 6) is 0. The van der Waals surface area contributed by atoms with Gasteiger partial charge in [0.15, 0.2) is 0 Å². The summed E-state index contributed by atoms with van der Waals surface area (Å²) in [5.41, 5.74) is 2.15. The van der Waals surface area contributed by atoms with Gasteiger partial charge in [0.2, 0.25) is 0 Å². The SMILES string of the molecule is NS(=O)(=O)Nc1cccc(NCc2cc(Cl)ccc2Br)c1. The highest BCUT2D eigenvalue weighted by Gasteiger charge is 2.04. The Morgan fingerprint density at radius 2 is 1.86 bits per heavy atom. The number of nitrogens with one attached hydrogen (secondary N) is 2. The molecule has 0 spiro atoms. The Labute approximate surface area is 136 Å². The van der Waals surface area contributed by atoms with Crippen LogP contribution in [0.5, 0.6) is 0 Å². The molecule has 112 valence electrons. The van der Waals surface area contributed by atoms with E-state index in [-0.39, 0.29) is 0 Å². The molecule has 0 aromatic heterocycles. The van der Waals surface area contributed by atoms with Crippen LogP contribution in [0.1, 0.15) is 5.56 Å². The molecule has 2 aromatic carbocycles. The second-order valence-corrected chi connectivity index (χ2v) is 6.90. The van der Waals surface area contributed by atoms with Crippen molar-refractivity contribution < 1.29 is 8.42 Å². The monoisotopic (exact) mass is 389 g/mol. The first-order valence-corrected chi connectivity index (χ1v) is 8.63. The van der Waals surface area contributed by atoms with Gasteiger partial charge in [-0.2, -0.15) is 8.42 Å². The molecular formula is C13H13BrClN3O2S. The molecule has 5 nitrogen and oxygen atoms in total. The Kier molecular flexibility index (Phi) is 5.10. The fourth-order valence-corrected chi connectivity index (χ4v) is 2.77. The lowest BCUT2D eigenvalue weighted by molar-refractivity contribution is 0.603. The first-order chi connectivity index (χ1) is 9.83. The van der Waals surface area contributed by atoms with E-state index in [9.17, 15) is 8.42 Å². The van der Waals surface area contributed by atoms with Gasteiger partial charge in [0, 0.05) is 21.7 Å². The van der Waals surface area contributed by atoms with Crippen LogP contribution in [0, 0.1) is 0 Å². The molecule has 2 aromatic rings. The molecule has 0 unspecified atom stereocenters. The van der Waals surface area contributed by atoms with Gasteiger partial charge in [0.25, 0.3) is 10.2 Å². The van der Waals surface area contributed by atoms with Gasteiger partial charge in [-0.1, -0.05) is 33.6 Å². The van der Waals surface area contributed by atoms with Gasteiger partial charge in [-0.3, -0.25) is 4.72 Å². The number of halogens is 2. The van der Waals surface area contributed by atoms with E-state index < -0.39 is 10.2 Å². The summed E-state index contributed by atoms with van der Waals surface area (Å²) in [5, 5.41) is 8.78. The molecule has 0 aliphatic carbocycles. The number of nitrogens with two attached hydrogens (primary N) is 1. The second-order valence-electron chi connectivity index (χ2n) is 4.32. The largest absolute Gasteiger partial charge is 0.381 e. The highest BCUT2D eigenvalue weighted by Crippen LogP contribution is 2.23. The maximum atomic E-state index is 11.0. The van der Waals surface area contributed by atoms with E-state index in [1.807, 2.05) is 18.2 Å². The van der Waals surface area contributed by atoms with Crippen LogP contribution >= 0.6 is 27.5 Å². The highest BCUT2D eigenvalue weighted by molar-refractivity contribution is 9.10. The number of benzene rings is 2. The highest BCUT2D eigenvalue weighted by atomic mass is 79.9. The van der Waals surface area contributed by atoms with Crippen LogP contribution in [0.3, 0.4) is 0 Å². The standard InChI is InChI=1S/C13H13BrClN3O2S/c14-13-5-4-10(15)6-9(13)8-17-11-2-1-3-12(7-11)18-21(16,19)20/h1-7,17-18H,8H2,(H2,16,19,20). The van der Waals surface area contributed by atoms with Gasteiger partial charge in [-0.05, 0) is 42.0 Å². The number of rotatable bonds is 5. The van der Waals surface area contributed by atoms with Crippen LogP contribution in [0.15, 0.2) is 46.9 Å². The Balaban J connectivity index is 2.10. The van der Waals surface area contributed by atoms with Gasteiger partial charge in [0.05, 0.1) is 5.69 Å². The molecule has 0 amide bonds.